The summed E-state index contributed by atoms with van der Waals surface area (Å²) in [4.78, 5) is 0.103. The molecule has 0 bridgehead atoms. The molecule has 1 unspecified atom stereocenters. The SMILES string of the molecule is CC(CN(C)S(=O)(=O)c1cn[nH]c1)C(=N)N. The highest BCUT2D eigenvalue weighted by Crippen LogP contribution is 2.13. The Labute approximate surface area is 94.2 Å². The van der Waals surface area contributed by atoms with Crippen molar-refractivity contribution in [3.05, 3.63) is 12.4 Å². The van der Waals surface area contributed by atoms with Crippen LogP contribution in [0.5, 0.6) is 0 Å². The van der Waals surface area contributed by atoms with Crippen molar-refractivity contribution in [2.24, 2.45) is 11.7 Å². The van der Waals surface area contributed by atoms with Crippen molar-refractivity contribution in [3.63, 3.8) is 0 Å². The van der Waals surface area contributed by atoms with Crippen molar-refractivity contribution in [2.45, 2.75) is 11.8 Å². The second-order valence-corrected chi connectivity index (χ2v) is 5.62. The number of H-pyrrole nitrogens is 1. The Morgan fingerprint density at radius 2 is 2.38 bits per heavy atom. The lowest BCUT2D eigenvalue weighted by Gasteiger charge is -2.19. The third kappa shape index (κ3) is 2.58. The average Bonchev–Trinajstić information content (AvgIpc) is 2.70. The molecule has 0 radical (unpaired) electrons. The predicted octanol–water partition coefficient (Wildman–Crippen LogP) is -0.398. The topological polar surface area (TPSA) is 116 Å². The first-order chi connectivity index (χ1) is 7.35. The van der Waals surface area contributed by atoms with E-state index >= 15 is 0 Å². The van der Waals surface area contributed by atoms with Gasteiger partial charge in [0, 0.05) is 25.7 Å². The van der Waals surface area contributed by atoms with Gasteiger partial charge in [-0.25, -0.2) is 12.7 Å². The van der Waals surface area contributed by atoms with Gasteiger partial charge in [0.15, 0.2) is 0 Å². The van der Waals surface area contributed by atoms with Crippen LogP contribution in [0.2, 0.25) is 0 Å². The van der Waals surface area contributed by atoms with Gasteiger partial charge < -0.3 is 5.73 Å². The quantitative estimate of drug-likeness (QED) is 0.483. The molecule has 1 heterocycles. The van der Waals surface area contributed by atoms with E-state index in [2.05, 4.69) is 10.2 Å². The van der Waals surface area contributed by atoms with E-state index in [4.69, 9.17) is 11.1 Å². The normalized spacial score (nSPS) is 13.9. The Morgan fingerprint density at radius 1 is 1.75 bits per heavy atom. The molecular weight excluding hydrogens is 230 g/mol. The minimum Gasteiger partial charge on any atom is -0.387 e. The van der Waals surface area contributed by atoms with Crippen LogP contribution in [0, 0.1) is 11.3 Å². The van der Waals surface area contributed by atoms with Crippen molar-refractivity contribution < 1.29 is 8.42 Å². The maximum atomic E-state index is 11.9. The van der Waals surface area contributed by atoms with E-state index in [0.717, 1.165) is 4.31 Å². The van der Waals surface area contributed by atoms with E-state index in [0.29, 0.717) is 0 Å². The van der Waals surface area contributed by atoms with E-state index in [9.17, 15) is 8.42 Å². The zero-order chi connectivity index (χ0) is 12.3. The van der Waals surface area contributed by atoms with E-state index < -0.39 is 10.0 Å². The molecule has 4 N–H and O–H groups in total. The largest absolute Gasteiger partial charge is 0.387 e. The van der Waals surface area contributed by atoms with Gasteiger partial charge >= 0.3 is 0 Å². The molecule has 0 aliphatic heterocycles. The van der Waals surface area contributed by atoms with Gasteiger partial charge in [-0.1, -0.05) is 6.92 Å². The van der Waals surface area contributed by atoms with Crippen LogP contribution in [0.4, 0.5) is 0 Å². The third-order valence-corrected chi connectivity index (χ3v) is 4.03. The Balaban J connectivity index is 2.82. The first-order valence-electron chi connectivity index (χ1n) is 4.64. The standard InChI is InChI=1S/C8H15N5O2S/c1-6(8(9)10)5-13(2)16(14,15)7-3-11-12-4-7/h3-4,6H,5H2,1-2H3,(H3,9,10)(H,11,12). The number of nitrogens with one attached hydrogen (secondary N) is 2. The van der Waals surface area contributed by atoms with Gasteiger partial charge in [0.1, 0.15) is 4.90 Å². The molecular formula is C8H15N5O2S. The molecule has 8 heteroatoms. The highest BCUT2D eigenvalue weighted by molar-refractivity contribution is 7.89. The summed E-state index contributed by atoms with van der Waals surface area (Å²) in [5.74, 6) is -0.346. The zero-order valence-electron chi connectivity index (χ0n) is 9.14. The van der Waals surface area contributed by atoms with Crippen LogP contribution in [-0.4, -0.2) is 42.3 Å². The highest BCUT2D eigenvalue weighted by Gasteiger charge is 2.23. The number of sulfonamides is 1. The Morgan fingerprint density at radius 3 is 2.81 bits per heavy atom. The Bertz CT molecular complexity index is 453. The van der Waals surface area contributed by atoms with Crippen LogP contribution in [-0.2, 0) is 10.0 Å². The first kappa shape index (κ1) is 12.7. The molecule has 0 saturated heterocycles. The molecule has 1 aromatic rings. The van der Waals surface area contributed by atoms with Crippen molar-refractivity contribution in [1.29, 1.82) is 5.41 Å². The summed E-state index contributed by atoms with van der Waals surface area (Å²) in [6.07, 6.45) is 2.55. The summed E-state index contributed by atoms with van der Waals surface area (Å²) in [5.41, 5.74) is 5.29. The summed E-state index contributed by atoms with van der Waals surface area (Å²) in [6, 6.07) is 0. The summed E-state index contributed by atoms with van der Waals surface area (Å²) >= 11 is 0. The molecule has 0 saturated carbocycles. The molecule has 1 atom stereocenters. The Hall–Kier alpha value is -1.41. The molecule has 0 aliphatic rings. The van der Waals surface area contributed by atoms with Gasteiger partial charge in [0.25, 0.3) is 0 Å². The molecule has 0 spiro atoms. The molecule has 0 amide bonds. The summed E-state index contributed by atoms with van der Waals surface area (Å²) < 4.78 is 25.0. The van der Waals surface area contributed by atoms with Gasteiger partial charge in [-0.2, -0.15) is 5.10 Å². The summed E-state index contributed by atoms with van der Waals surface area (Å²) in [6.45, 7) is 1.87. The fourth-order valence-electron chi connectivity index (χ4n) is 1.14. The Kier molecular flexibility index (Phi) is 3.66. The molecule has 16 heavy (non-hydrogen) atoms. The second kappa shape index (κ2) is 4.62. The lowest BCUT2D eigenvalue weighted by atomic mass is 10.2. The number of rotatable bonds is 5. The van der Waals surface area contributed by atoms with Crippen LogP contribution in [0.15, 0.2) is 17.3 Å². The summed E-state index contributed by atoms with van der Waals surface area (Å²) in [7, 11) is -2.09. The van der Waals surface area contributed by atoms with Gasteiger partial charge in [-0.15, -0.1) is 0 Å². The maximum absolute atomic E-state index is 11.9. The van der Waals surface area contributed by atoms with Crippen molar-refractivity contribution in [3.8, 4) is 0 Å². The fourth-order valence-corrected chi connectivity index (χ4v) is 2.31. The van der Waals surface area contributed by atoms with E-state index in [1.54, 1.807) is 6.92 Å². The van der Waals surface area contributed by atoms with Crippen LogP contribution < -0.4 is 5.73 Å². The molecule has 1 rings (SSSR count). The van der Waals surface area contributed by atoms with Crippen LogP contribution in [0.25, 0.3) is 0 Å². The van der Waals surface area contributed by atoms with Gasteiger partial charge in [-0.3, -0.25) is 10.5 Å². The van der Waals surface area contributed by atoms with Crippen molar-refractivity contribution >= 4 is 15.9 Å². The van der Waals surface area contributed by atoms with E-state index in [1.807, 2.05) is 0 Å². The lowest BCUT2D eigenvalue weighted by molar-refractivity contribution is 0.443. The van der Waals surface area contributed by atoms with Gasteiger partial charge in [0.2, 0.25) is 10.0 Å². The van der Waals surface area contributed by atoms with Crippen LogP contribution >= 0.6 is 0 Å². The second-order valence-electron chi connectivity index (χ2n) is 3.58. The number of amidine groups is 1. The number of nitrogens with zero attached hydrogens (tertiary/aromatic N) is 2. The number of aromatic amines is 1. The monoisotopic (exact) mass is 245 g/mol. The average molecular weight is 245 g/mol. The summed E-state index contributed by atoms with van der Waals surface area (Å²) in [5, 5.41) is 13.2. The zero-order valence-corrected chi connectivity index (χ0v) is 9.95. The number of hydrogen-bond donors (Lipinski definition) is 3. The lowest BCUT2D eigenvalue weighted by Crippen LogP contribution is -2.35. The maximum Gasteiger partial charge on any atom is 0.245 e. The number of nitrogens with two attached hydrogens (primary N) is 1. The van der Waals surface area contributed by atoms with Crippen molar-refractivity contribution in [2.75, 3.05) is 13.6 Å². The van der Waals surface area contributed by atoms with E-state index in [1.165, 1.54) is 19.4 Å². The highest BCUT2D eigenvalue weighted by atomic mass is 32.2. The van der Waals surface area contributed by atoms with Gasteiger partial charge in [0.05, 0.1) is 12.0 Å². The number of hydrogen-bond acceptors (Lipinski definition) is 4. The van der Waals surface area contributed by atoms with E-state index in [-0.39, 0.29) is 23.2 Å². The van der Waals surface area contributed by atoms with Gasteiger partial charge in [-0.05, 0) is 0 Å². The predicted molar refractivity (Wildman–Crippen MR) is 59.5 cm³/mol. The molecule has 0 fully saturated rings. The van der Waals surface area contributed by atoms with Crippen LogP contribution in [0.1, 0.15) is 6.92 Å². The minimum absolute atomic E-state index is 0.0331. The van der Waals surface area contributed by atoms with Crippen molar-refractivity contribution in [1.82, 2.24) is 14.5 Å². The fraction of sp³-hybridized carbons (Fsp3) is 0.500. The molecule has 0 aromatic carbocycles. The smallest absolute Gasteiger partial charge is 0.245 e. The third-order valence-electron chi connectivity index (χ3n) is 2.24. The first-order valence-corrected chi connectivity index (χ1v) is 6.08. The molecule has 0 aliphatic carbocycles. The van der Waals surface area contributed by atoms with Crippen LogP contribution in [0.3, 0.4) is 0 Å². The molecule has 1 aromatic heterocycles. The molecule has 90 valence electrons. The molecule has 7 nitrogen and oxygen atoms in total. The minimum atomic E-state index is -3.54. The number of aromatic nitrogens is 2.